The summed E-state index contributed by atoms with van der Waals surface area (Å²) in [5.41, 5.74) is -2.81. The topological polar surface area (TPSA) is 71.5 Å². The van der Waals surface area contributed by atoms with Gasteiger partial charge in [-0.25, -0.2) is 14.5 Å². The molecule has 0 spiro atoms. The number of rotatable bonds is 3. The molecule has 1 aromatic heterocycles. The number of benzene rings is 2. The summed E-state index contributed by atoms with van der Waals surface area (Å²) in [4.78, 5) is 30.0. The van der Waals surface area contributed by atoms with Crippen LogP contribution in [0.4, 0.5) is 35.9 Å². The standard InChI is InChI=1S/C24H19F6N3O3/c1-13-12-33(21(34)32-11-16-10-31-9-14-4-2-3-5-19(14)16)22(35)36-20(13)15-6-17(23(25,26)27)8-18(7-15)24(28,29)30/h2-10,13,20H,11-12H2,1H3,(H,32,34)/t13-,20-/m1/s1. The molecular formula is C24H19F6N3O3. The monoisotopic (exact) mass is 511 g/mol. The van der Waals surface area contributed by atoms with Crippen molar-refractivity contribution in [1.82, 2.24) is 15.2 Å². The Morgan fingerprint density at radius 3 is 2.33 bits per heavy atom. The van der Waals surface area contributed by atoms with Crippen molar-refractivity contribution in [2.45, 2.75) is 31.9 Å². The van der Waals surface area contributed by atoms with Gasteiger partial charge in [-0.15, -0.1) is 0 Å². The number of carbonyl (C=O) groups is 2. The van der Waals surface area contributed by atoms with E-state index in [9.17, 15) is 35.9 Å². The van der Waals surface area contributed by atoms with Gasteiger partial charge in [0.2, 0.25) is 0 Å². The molecule has 0 unspecified atom stereocenters. The van der Waals surface area contributed by atoms with Gasteiger partial charge in [-0.1, -0.05) is 31.2 Å². The van der Waals surface area contributed by atoms with Gasteiger partial charge in [0, 0.05) is 36.8 Å². The number of carbonyl (C=O) groups excluding carboxylic acids is 2. The summed E-state index contributed by atoms with van der Waals surface area (Å²) in [6.45, 7) is 1.21. The van der Waals surface area contributed by atoms with Crippen LogP contribution in [0.1, 0.15) is 35.3 Å². The van der Waals surface area contributed by atoms with Crippen LogP contribution in [0.3, 0.4) is 0 Å². The number of nitrogens with zero attached hydrogens (tertiary/aromatic N) is 2. The van der Waals surface area contributed by atoms with Crippen molar-refractivity contribution in [2.24, 2.45) is 5.92 Å². The zero-order chi connectivity index (χ0) is 26.3. The first-order chi connectivity index (χ1) is 16.8. The van der Waals surface area contributed by atoms with Crippen LogP contribution < -0.4 is 5.32 Å². The third-order valence-corrected chi connectivity index (χ3v) is 5.80. The molecule has 0 aliphatic carbocycles. The third kappa shape index (κ3) is 5.21. The Balaban J connectivity index is 1.51. The van der Waals surface area contributed by atoms with Gasteiger partial charge in [0.1, 0.15) is 6.10 Å². The first-order valence-electron chi connectivity index (χ1n) is 10.7. The minimum absolute atomic E-state index is 0.000700. The molecular weight excluding hydrogens is 492 g/mol. The number of imide groups is 1. The Morgan fingerprint density at radius 1 is 1.06 bits per heavy atom. The third-order valence-electron chi connectivity index (χ3n) is 5.80. The van der Waals surface area contributed by atoms with Gasteiger partial charge in [-0.3, -0.25) is 4.98 Å². The van der Waals surface area contributed by atoms with E-state index in [2.05, 4.69) is 10.3 Å². The molecule has 12 heteroatoms. The summed E-state index contributed by atoms with van der Waals surface area (Å²) in [5.74, 6) is -0.794. The largest absolute Gasteiger partial charge is 0.441 e. The zero-order valence-electron chi connectivity index (χ0n) is 18.7. The summed E-state index contributed by atoms with van der Waals surface area (Å²) in [6.07, 6.45) is -9.46. The number of alkyl halides is 6. The number of amides is 3. The number of cyclic esters (lactones) is 1. The molecule has 6 nitrogen and oxygen atoms in total. The lowest BCUT2D eigenvalue weighted by Gasteiger charge is -2.35. The molecule has 1 aliphatic heterocycles. The van der Waals surface area contributed by atoms with E-state index in [-0.39, 0.29) is 19.2 Å². The van der Waals surface area contributed by atoms with Crippen LogP contribution in [-0.4, -0.2) is 28.6 Å². The number of nitrogens with one attached hydrogen (secondary N) is 1. The first-order valence-corrected chi connectivity index (χ1v) is 10.7. The maximum Gasteiger partial charge on any atom is 0.418 e. The zero-order valence-corrected chi connectivity index (χ0v) is 18.7. The highest BCUT2D eigenvalue weighted by molar-refractivity contribution is 5.92. The van der Waals surface area contributed by atoms with Crippen molar-refractivity contribution in [2.75, 3.05) is 6.54 Å². The summed E-state index contributed by atoms with van der Waals surface area (Å²) < 4.78 is 84.5. The van der Waals surface area contributed by atoms with Crippen molar-refractivity contribution in [3.05, 3.63) is 77.1 Å². The second-order valence-electron chi connectivity index (χ2n) is 8.41. The molecule has 0 radical (unpaired) electrons. The van der Waals surface area contributed by atoms with Gasteiger partial charge < -0.3 is 10.1 Å². The fourth-order valence-corrected chi connectivity index (χ4v) is 4.04. The lowest BCUT2D eigenvalue weighted by Crippen LogP contribution is -2.50. The molecule has 1 fully saturated rings. The molecule has 36 heavy (non-hydrogen) atoms. The maximum absolute atomic E-state index is 13.2. The molecule has 3 amide bonds. The smallest absolute Gasteiger partial charge is 0.418 e. The van der Waals surface area contributed by atoms with Gasteiger partial charge in [0.15, 0.2) is 0 Å². The molecule has 2 atom stereocenters. The van der Waals surface area contributed by atoms with Crippen LogP contribution in [0.5, 0.6) is 0 Å². The number of fused-ring (bicyclic) bond motifs is 1. The predicted octanol–water partition coefficient (Wildman–Crippen LogP) is 6.31. The van der Waals surface area contributed by atoms with Crippen LogP contribution in [0.2, 0.25) is 0 Å². The van der Waals surface area contributed by atoms with Crippen LogP contribution in [0.25, 0.3) is 10.8 Å². The maximum atomic E-state index is 13.2. The van der Waals surface area contributed by atoms with Gasteiger partial charge in [0.25, 0.3) is 0 Å². The Kier molecular flexibility index (Phi) is 6.54. The highest BCUT2D eigenvalue weighted by Gasteiger charge is 2.41. The SMILES string of the molecule is C[C@@H]1CN(C(=O)NCc2cncc3ccccc23)C(=O)O[C@H]1c1cc(C(F)(F)F)cc(C(F)(F)F)c1. The van der Waals surface area contributed by atoms with Crippen molar-refractivity contribution in [3.8, 4) is 0 Å². The number of ether oxygens (including phenoxy) is 1. The van der Waals surface area contributed by atoms with Crippen LogP contribution in [-0.2, 0) is 23.6 Å². The highest BCUT2D eigenvalue weighted by Crippen LogP contribution is 2.40. The number of halogens is 6. The summed E-state index contributed by atoms with van der Waals surface area (Å²) in [7, 11) is 0. The number of urea groups is 1. The quantitative estimate of drug-likeness (QED) is 0.419. The summed E-state index contributed by atoms with van der Waals surface area (Å²) in [6, 6.07) is 7.55. The minimum Gasteiger partial charge on any atom is -0.441 e. The predicted molar refractivity (Wildman–Crippen MR) is 116 cm³/mol. The Morgan fingerprint density at radius 2 is 1.69 bits per heavy atom. The van der Waals surface area contributed by atoms with Crippen molar-refractivity contribution >= 4 is 22.9 Å². The average molecular weight is 511 g/mol. The van der Waals surface area contributed by atoms with Crippen molar-refractivity contribution < 1.29 is 40.7 Å². The first kappa shape index (κ1) is 25.3. The number of aromatic nitrogens is 1. The van der Waals surface area contributed by atoms with E-state index in [0.29, 0.717) is 17.7 Å². The van der Waals surface area contributed by atoms with Crippen molar-refractivity contribution in [1.29, 1.82) is 0 Å². The van der Waals surface area contributed by atoms with E-state index in [4.69, 9.17) is 4.74 Å². The second kappa shape index (κ2) is 9.32. The van der Waals surface area contributed by atoms with E-state index in [1.165, 1.54) is 6.92 Å². The normalized spacial score (nSPS) is 18.8. The average Bonchev–Trinajstić information content (AvgIpc) is 2.82. The van der Waals surface area contributed by atoms with Crippen LogP contribution >= 0.6 is 0 Å². The van der Waals surface area contributed by atoms with Gasteiger partial charge in [-0.2, -0.15) is 26.3 Å². The lowest BCUT2D eigenvalue weighted by atomic mass is 9.92. The molecule has 2 aromatic carbocycles. The van der Waals surface area contributed by atoms with E-state index in [1.54, 1.807) is 12.4 Å². The van der Waals surface area contributed by atoms with Crippen molar-refractivity contribution in [3.63, 3.8) is 0 Å². The van der Waals surface area contributed by atoms with Gasteiger partial charge in [0.05, 0.1) is 11.1 Å². The molecule has 1 saturated heterocycles. The molecule has 0 saturated carbocycles. The number of hydrogen-bond donors (Lipinski definition) is 1. The summed E-state index contributed by atoms with van der Waals surface area (Å²) >= 11 is 0. The molecule has 3 aromatic rings. The van der Waals surface area contributed by atoms with E-state index in [0.717, 1.165) is 15.7 Å². The highest BCUT2D eigenvalue weighted by atomic mass is 19.4. The molecule has 190 valence electrons. The van der Waals surface area contributed by atoms with E-state index >= 15 is 0 Å². The fraction of sp³-hybridized carbons (Fsp3) is 0.292. The minimum atomic E-state index is -5.04. The molecule has 1 aliphatic rings. The number of pyridine rings is 1. The Labute approximate surface area is 200 Å². The molecule has 4 rings (SSSR count). The number of hydrogen-bond acceptors (Lipinski definition) is 4. The van der Waals surface area contributed by atoms with Crippen LogP contribution in [0, 0.1) is 5.92 Å². The van der Waals surface area contributed by atoms with Gasteiger partial charge >= 0.3 is 24.5 Å². The van der Waals surface area contributed by atoms with Crippen LogP contribution in [0.15, 0.2) is 54.9 Å². The molecule has 0 bridgehead atoms. The molecule has 1 N–H and O–H groups in total. The second-order valence-corrected chi connectivity index (χ2v) is 8.41. The summed E-state index contributed by atoms with van der Waals surface area (Å²) in [5, 5.41) is 4.26. The van der Waals surface area contributed by atoms with E-state index < -0.39 is 53.2 Å². The lowest BCUT2D eigenvalue weighted by molar-refractivity contribution is -0.143. The fourth-order valence-electron chi connectivity index (χ4n) is 4.04. The Hall–Kier alpha value is -3.83. The van der Waals surface area contributed by atoms with Gasteiger partial charge in [-0.05, 0) is 34.7 Å². The Bertz CT molecular complexity index is 1270. The molecule has 2 heterocycles. The van der Waals surface area contributed by atoms with E-state index in [1.807, 2.05) is 24.3 Å².